The first-order valence-electron chi connectivity index (χ1n) is 5.67. The molecule has 0 amide bonds. The summed E-state index contributed by atoms with van der Waals surface area (Å²) in [5, 5.41) is 9.46. The molecule has 7 heteroatoms. The van der Waals surface area contributed by atoms with Crippen LogP contribution in [0.2, 0.25) is 0 Å². The third kappa shape index (κ3) is 9.76. The molecule has 0 aromatic heterocycles. The van der Waals surface area contributed by atoms with Gasteiger partial charge < -0.3 is 14.6 Å². The lowest BCUT2D eigenvalue weighted by molar-refractivity contribution is -0.0784. The summed E-state index contributed by atoms with van der Waals surface area (Å²) in [5.74, 6) is 0.571. The lowest BCUT2D eigenvalue weighted by atomic mass is 10.4. The van der Waals surface area contributed by atoms with Crippen LogP contribution < -0.4 is 11.0 Å². The number of ether oxygens (including phenoxy) is 2. The molecule has 0 aliphatic heterocycles. The van der Waals surface area contributed by atoms with Crippen molar-refractivity contribution in [2.24, 2.45) is 0 Å². The van der Waals surface area contributed by atoms with E-state index in [1.165, 1.54) is 0 Å². The van der Waals surface area contributed by atoms with Crippen LogP contribution in [-0.4, -0.2) is 37.6 Å². The van der Waals surface area contributed by atoms with Crippen LogP contribution in [0.4, 0.5) is 0 Å². The maximum absolute atomic E-state index is 9.46. The second-order valence-electron chi connectivity index (χ2n) is 3.19. The van der Waals surface area contributed by atoms with Gasteiger partial charge in [-0.25, -0.2) is 11.0 Å². The van der Waals surface area contributed by atoms with Crippen LogP contribution in [-0.2, 0) is 19.1 Å². The van der Waals surface area contributed by atoms with Crippen LogP contribution in [0.15, 0.2) is 24.9 Å². The third-order valence-corrected chi connectivity index (χ3v) is 1.56. The monoisotopic (exact) mass is 262 g/mol. The number of hydrogen-bond donors (Lipinski definition) is 3. The summed E-state index contributed by atoms with van der Waals surface area (Å²) in [6.45, 7) is 11.7. The van der Waals surface area contributed by atoms with Crippen molar-refractivity contribution < 1.29 is 24.3 Å². The van der Waals surface area contributed by atoms with Gasteiger partial charge in [-0.15, -0.1) is 0 Å². The Kier molecular flexibility index (Phi) is 9.84. The van der Waals surface area contributed by atoms with Gasteiger partial charge in [-0.05, 0) is 27.0 Å². The third-order valence-electron chi connectivity index (χ3n) is 1.56. The summed E-state index contributed by atoms with van der Waals surface area (Å²) in [4.78, 5) is 9.86. The molecule has 0 aromatic rings. The number of aliphatic hydroxyl groups is 1. The van der Waals surface area contributed by atoms with Crippen LogP contribution in [0.1, 0.15) is 13.8 Å². The van der Waals surface area contributed by atoms with Gasteiger partial charge in [0.15, 0.2) is 0 Å². The van der Waals surface area contributed by atoms with E-state index >= 15 is 0 Å². The van der Waals surface area contributed by atoms with E-state index in [4.69, 9.17) is 19.1 Å². The molecule has 0 saturated heterocycles. The van der Waals surface area contributed by atoms with Crippen molar-refractivity contribution in [3.8, 4) is 0 Å². The van der Waals surface area contributed by atoms with Gasteiger partial charge in [0, 0.05) is 0 Å². The summed E-state index contributed by atoms with van der Waals surface area (Å²) in [6, 6.07) is 0. The van der Waals surface area contributed by atoms with Crippen molar-refractivity contribution in [1.29, 1.82) is 0 Å². The van der Waals surface area contributed by atoms with Gasteiger partial charge in [-0.3, -0.25) is 9.68 Å². The highest BCUT2D eigenvalue weighted by atomic mass is 16.7. The fourth-order valence-corrected chi connectivity index (χ4v) is 0.892. The SMILES string of the molecule is C=C(NOCC(O)CONC(=C)OCC)OCC. The summed E-state index contributed by atoms with van der Waals surface area (Å²) in [5.41, 5.74) is 4.88. The van der Waals surface area contributed by atoms with Gasteiger partial charge in [0.2, 0.25) is 11.8 Å². The minimum Gasteiger partial charge on any atom is -0.478 e. The molecule has 0 unspecified atom stereocenters. The standard InChI is InChI=1S/C11H22N2O5/c1-5-15-9(3)12-17-7-11(14)8-18-13-10(4)16-6-2/h11-14H,3-8H2,1-2H3. The number of nitrogens with one attached hydrogen (secondary N) is 2. The summed E-state index contributed by atoms with van der Waals surface area (Å²) >= 11 is 0. The lowest BCUT2D eigenvalue weighted by Gasteiger charge is -2.14. The molecular weight excluding hydrogens is 240 g/mol. The second-order valence-corrected chi connectivity index (χ2v) is 3.19. The molecule has 0 radical (unpaired) electrons. The van der Waals surface area contributed by atoms with Crippen molar-refractivity contribution in [2.75, 3.05) is 26.4 Å². The minimum absolute atomic E-state index is 0.0227. The van der Waals surface area contributed by atoms with E-state index < -0.39 is 6.10 Å². The highest BCUT2D eigenvalue weighted by molar-refractivity contribution is 4.74. The Morgan fingerprint density at radius 2 is 1.39 bits per heavy atom. The fourth-order valence-electron chi connectivity index (χ4n) is 0.892. The van der Waals surface area contributed by atoms with Crippen LogP contribution in [0.3, 0.4) is 0 Å². The van der Waals surface area contributed by atoms with Gasteiger partial charge in [0.05, 0.1) is 13.2 Å². The number of aliphatic hydroxyl groups excluding tert-OH is 1. The van der Waals surface area contributed by atoms with Crippen molar-refractivity contribution in [3.63, 3.8) is 0 Å². The van der Waals surface area contributed by atoms with E-state index in [1.807, 2.05) is 13.8 Å². The lowest BCUT2D eigenvalue weighted by Crippen LogP contribution is -2.29. The number of hydroxylamine groups is 2. The highest BCUT2D eigenvalue weighted by Crippen LogP contribution is 1.91. The molecule has 18 heavy (non-hydrogen) atoms. The van der Waals surface area contributed by atoms with Crippen LogP contribution in [0.25, 0.3) is 0 Å². The average molecular weight is 262 g/mol. The van der Waals surface area contributed by atoms with E-state index in [0.717, 1.165) is 0 Å². The molecule has 106 valence electrons. The predicted molar refractivity (Wildman–Crippen MR) is 65.7 cm³/mol. The van der Waals surface area contributed by atoms with Gasteiger partial charge in [-0.1, -0.05) is 0 Å². The Bertz CT molecular complexity index is 224. The average Bonchev–Trinajstić information content (AvgIpc) is 2.29. The minimum atomic E-state index is -0.811. The maximum Gasteiger partial charge on any atom is 0.203 e. The van der Waals surface area contributed by atoms with Crippen LogP contribution in [0, 0.1) is 0 Å². The molecule has 0 atom stereocenters. The number of hydrogen-bond acceptors (Lipinski definition) is 7. The van der Waals surface area contributed by atoms with Crippen molar-refractivity contribution in [2.45, 2.75) is 20.0 Å². The Morgan fingerprint density at radius 1 is 1.00 bits per heavy atom. The maximum atomic E-state index is 9.46. The summed E-state index contributed by atoms with van der Waals surface area (Å²) in [7, 11) is 0. The number of rotatable bonds is 12. The summed E-state index contributed by atoms with van der Waals surface area (Å²) in [6.07, 6.45) is -0.811. The normalized spacial score (nSPS) is 10.0. The molecule has 0 aliphatic rings. The fraction of sp³-hybridized carbons (Fsp3) is 0.636. The first kappa shape index (κ1) is 16.6. The smallest absolute Gasteiger partial charge is 0.203 e. The second kappa shape index (κ2) is 10.7. The van der Waals surface area contributed by atoms with Crippen molar-refractivity contribution in [1.82, 2.24) is 11.0 Å². The zero-order valence-electron chi connectivity index (χ0n) is 10.9. The van der Waals surface area contributed by atoms with Crippen molar-refractivity contribution in [3.05, 3.63) is 24.9 Å². The van der Waals surface area contributed by atoms with E-state index in [9.17, 15) is 5.11 Å². The van der Waals surface area contributed by atoms with Gasteiger partial charge in [0.25, 0.3) is 0 Å². The quantitative estimate of drug-likeness (QED) is 0.347. The Hall–Kier alpha value is -1.44. The Morgan fingerprint density at radius 3 is 1.72 bits per heavy atom. The molecule has 7 nitrogen and oxygen atoms in total. The van der Waals surface area contributed by atoms with E-state index in [2.05, 4.69) is 24.1 Å². The molecule has 0 bridgehead atoms. The molecule has 0 rings (SSSR count). The van der Waals surface area contributed by atoms with Crippen LogP contribution in [0.5, 0.6) is 0 Å². The molecule has 0 fully saturated rings. The molecule has 0 spiro atoms. The zero-order chi connectivity index (χ0) is 13.8. The van der Waals surface area contributed by atoms with Crippen LogP contribution >= 0.6 is 0 Å². The Balaban J connectivity index is 3.45. The highest BCUT2D eigenvalue weighted by Gasteiger charge is 2.06. The van der Waals surface area contributed by atoms with E-state index in [1.54, 1.807) is 0 Å². The molecule has 0 saturated carbocycles. The molecule has 0 aliphatic carbocycles. The topological polar surface area (TPSA) is 81.2 Å². The molecule has 3 N–H and O–H groups in total. The first-order valence-corrected chi connectivity index (χ1v) is 5.67. The summed E-state index contributed by atoms with van der Waals surface area (Å²) < 4.78 is 9.96. The Labute approximate surface area is 107 Å². The predicted octanol–water partition coefficient (Wildman–Crippen LogP) is 0.405. The molecule has 0 heterocycles. The van der Waals surface area contributed by atoms with E-state index in [-0.39, 0.29) is 25.0 Å². The molecule has 0 aromatic carbocycles. The van der Waals surface area contributed by atoms with Gasteiger partial charge in [-0.2, -0.15) is 0 Å². The first-order chi connectivity index (χ1) is 8.60. The van der Waals surface area contributed by atoms with E-state index in [0.29, 0.717) is 13.2 Å². The van der Waals surface area contributed by atoms with Crippen molar-refractivity contribution >= 4 is 0 Å². The zero-order valence-corrected chi connectivity index (χ0v) is 10.9. The largest absolute Gasteiger partial charge is 0.478 e. The van der Waals surface area contributed by atoms with Gasteiger partial charge >= 0.3 is 0 Å². The molecular formula is C11H22N2O5. The van der Waals surface area contributed by atoms with Gasteiger partial charge in [0.1, 0.15) is 19.3 Å².